The average molecular weight is 582 g/mol. The molecule has 0 spiro atoms. The number of nitrogens with zero attached hydrogens (tertiary/aromatic N) is 1. The molecule has 1 aromatic carbocycles. The number of aromatic nitrogens is 2. The van der Waals surface area contributed by atoms with E-state index in [0.717, 1.165) is 16.8 Å². The minimum Gasteiger partial charge on any atom is -0.462 e. The van der Waals surface area contributed by atoms with Gasteiger partial charge in [-0.1, -0.05) is 18.2 Å². The maximum atomic E-state index is 13.9. The first-order valence-corrected chi connectivity index (χ1v) is 13.3. The number of nitrogens with one attached hydrogen (secondary N) is 2. The maximum Gasteiger partial charge on any atom is 0.459 e. The van der Waals surface area contributed by atoms with E-state index < -0.39 is 68.6 Å². The van der Waals surface area contributed by atoms with Crippen molar-refractivity contribution in [2.24, 2.45) is 5.92 Å². The molecule has 11 nitrogen and oxygen atoms in total. The van der Waals surface area contributed by atoms with Gasteiger partial charge in [-0.25, -0.2) is 4.57 Å². The quantitative estimate of drug-likeness (QED) is 0.217. The molecule has 6 atom stereocenters. The zero-order valence-corrected chi connectivity index (χ0v) is 22.2. The topological polar surface area (TPSA) is 141 Å². The van der Waals surface area contributed by atoms with E-state index in [0.29, 0.717) is 0 Å². The summed E-state index contributed by atoms with van der Waals surface area (Å²) in [6.45, 7) is 3.73. The van der Waals surface area contributed by atoms with E-state index in [9.17, 15) is 32.4 Å². The molecule has 1 aliphatic heterocycles. The van der Waals surface area contributed by atoms with Crippen LogP contribution in [0, 0.1) is 10.7 Å². The SMILES string of the molecule is CC(C)OC(=O)[C@H](C)NP(=O)(OC[C@H]1O[C@@H](n2ccc(=O)[nH]c2=S)C(C(F)(F)F)C1O)Oc1ccccc1. The van der Waals surface area contributed by atoms with Crippen molar-refractivity contribution in [2.45, 2.75) is 57.5 Å². The smallest absolute Gasteiger partial charge is 0.459 e. The van der Waals surface area contributed by atoms with Crippen LogP contribution in [0.1, 0.15) is 27.0 Å². The molecule has 0 saturated carbocycles. The Morgan fingerprint density at radius 2 is 1.92 bits per heavy atom. The minimum atomic E-state index is -4.94. The Hall–Kier alpha value is -2.55. The summed E-state index contributed by atoms with van der Waals surface area (Å²) in [6, 6.07) is 7.46. The highest BCUT2D eigenvalue weighted by Gasteiger charge is 2.58. The molecule has 0 bridgehead atoms. The first-order chi connectivity index (χ1) is 17.7. The number of benzene rings is 1. The van der Waals surface area contributed by atoms with Crippen molar-refractivity contribution < 1.29 is 46.2 Å². The van der Waals surface area contributed by atoms with E-state index in [1.54, 1.807) is 32.0 Å². The van der Waals surface area contributed by atoms with Gasteiger partial charge in [-0.15, -0.1) is 0 Å². The number of alkyl halides is 3. The largest absolute Gasteiger partial charge is 0.462 e. The normalized spacial score (nSPS) is 24.1. The summed E-state index contributed by atoms with van der Waals surface area (Å²) in [6.07, 6.45) is -10.1. The lowest BCUT2D eigenvalue weighted by Crippen LogP contribution is -2.40. The fraction of sp³-hybridized carbons (Fsp3) is 0.500. The van der Waals surface area contributed by atoms with E-state index in [1.165, 1.54) is 19.1 Å². The van der Waals surface area contributed by atoms with Gasteiger partial charge in [0.2, 0.25) is 0 Å². The summed E-state index contributed by atoms with van der Waals surface area (Å²) >= 11 is 4.96. The number of hydrogen-bond acceptors (Lipinski definition) is 9. The van der Waals surface area contributed by atoms with Crippen LogP contribution < -0.4 is 15.2 Å². The standard InChI is InChI=1S/C22H27F3N3O8PS/c1-12(2)34-20(31)13(3)27-37(32,36-14-7-5-4-6-8-14)33-11-15-18(30)17(22(23,24)25)19(35-15)28-10-9-16(29)26-21(28)38/h4-10,12-13,15,17-19,30H,11H2,1-3H3,(H,27,32)(H,26,29,38)/t13-,15+,17?,18?,19+,37?/m0/s1. The van der Waals surface area contributed by atoms with Gasteiger partial charge in [-0.05, 0) is 45.1 Å². The summed E-state index contributed by atoms with van der Waals surface area (Å²) in [5.41, 5.74) is -0.636. The van der Waals surface area contributed by atoms with Crippen LogP contribution in [0.25, 0.3) is 0 Å². The van der Waals surface area contributed by atoms with Crippen molar-refractivity contribution in [3.05, 3.63) is 57.7 Å². The average Bonchev–Trinajstić information content (AvgIpc) is 3.14. The van der Waals surface area contributed by atoms with Crippen LogP contribution >= 0.6 is 20.0 Å². The number of para-hydroxylation sites is 1. The van der Waals surface area contributed by atoms with Gasteiger partial charge in [0.15, 0.2) is 11.0 Å². The predicted octanol–water partition coefficient (Wildman–Crippen LogP) is 3.48. The van der Waals surface area contributed by atoms with Crippen LogP contribution in [0.3, 0.4) is 0 Å². The molecule has 38 heavy (non-hydrogen) atoms. The molecule has 2 heterocycles. The minimum absolute atomic E-state index is 0.0752. The number of ether oxygens (including phenoxy) is 2. The van der Waals surface area contributed by atoms with Gasteiger partial charge >= 0.3 is 19.9 Å². The highest BCUT2D eigenvalue weighted by Crippen LogP contribution is 2.48. The number of esters is 1. The number of carbonyl (C=O) groups is 1. The number of halogens is 3. The Bertz CT molecular complexity index is 1270. The number of H-pyrrole nitrogens is 1. The van der Waals surface area contributed by atoms with Crippen LogP contribution in [0.4, 0.5) is 13.2 Å². The third-order valence-corrected chi connectivity index (χ3v) is 7.26. The first-order valence-electron chi connectivity index (χ1n) is 11.4. The Morgan fingerprint density at radius 3 is 2.50 bits per heavy atom. The lowest BCUT2D eigenvalue weighted by molar-refractivity contribution is -0.211. The molecule has 0 aliphatic carbocycles. The Morgan fingerprint density at radius 1 is 1.26 bits per heavy atom. The predicted molar refractivity (Wildman–Crippen MR) is 130 cm³/mol. The molecule has 3 N–H and O–H groups in total. The number of aliphatic hydroxyl groups excluding tert-OH is 1. The van der Waals surface area contributed by atoms with Crippen molar-refractivity contribution in [1.29, 1.82) is 0 Å². The molecule has 1 saturated heterocycles. The van der Waals surface area contributed by atoms with Gasteiger partial charge in [-0.3, -0.25) is 23.7 Å². The van der Waals surface area contributed by atoms with Gasteiger partial charge in [0.25, 0.3) is 5.56 Å². The Balaban J connectivity index is 1.85. The second kappa shape index (κ2) is 12.1. The molecule has 1 aliphatic rings. The summed E-state index contributed by atoms with van der Waals surface area (Å²) in [4.78, 5) is 25.9. The molecule has 1 aromatic heterocycles. The number of aromatic amines is 1. The molecule has 3 rings (SSSR count). The molecule has 0 radical (unpaired) electrons. The Kier molecular flexibility index (Phi) is 9.55. The van der Waals surface area contributed by atoms with Crippen LogP contribution in [-0.4, -0.2) is 57.8 Å². The fourth-order valence-corrected chi connectivity index (χ4v) is 5.38. The van der Waals surface area contributed by atoms with Crippen molar-refractivity contribution in [3.8, 4) is 5.75 Å². The molecular formula is C22H27F3N3O8PS. The van der Waals surface area contributed by atoms with Crippen LogP contribution in [0.2, 0.25) is 0 Å². The van der Waals surface area contributed by atoms with Crippen molar-refractivity contribution in [3.63, 3.8) is 0 Å². The number of rotatable bonds is 10. The molecule has 210 valence electrons. The molecule has 3 unspecified atom stereocenters. The first kappa shape index (κ1) is 30.0. The summed E-state index contributed by atoms with van der Waals surface area (Å²) in [5.74, 6) is -3.16. The van der Waals surface area contributed by atoms with E-state index in [1.807, 2.05) is 0 Å². The molecule has 2 aromatic rings. The summed E-state index contributed by atoms with van der Waals surface area (Å²) < 4.78 is 77.2. The number of aliphatic hydroxyl groups is 1. The highest BCUT2D eigenvalue weighted by atomic mass is 32.1. The van der Waals surface area contributed by atoms with Gasteiger partial charge in [0.1, 0.15) is 23.8 Å². The van der Waals surface area contributed by atoms with Crippen LogP contribution in [0.15, 0.2) is 47.4 Å². The summed E-state index contributed by atoms with van der Waals surface area (Å²) in [7, 11) is -4.44. The van der Waals surface area contributed by atoms with Gasteiger partial charge in [-0.2, -0.15) is 18.3 Å². The molecule has 0 amide bonds. The second-order valence-electron chi connectivity index (χ2n) is 8.67. The number of hydrogen-bond donors (Lipinski definition) is 3. The van der Waals surface area contributed by atoms with E-state index >= 15 is 0 Å². The third kappa shape index (κ3) is 7.52. The molecular weight excluding hydrogens is 554 g/mol. The summed E-state index contributed by atoms with van der Waals surface area (Å²) in [5, 5.41) is 12.9. The van der Waals surface area contributed by atoms with E-state index in [2.05, 4.69) is 10.1 Å². The van der Waals surface area contributed by atoms with Gasteiger partial charge < -0.3 is 19.1 Å². The lowest BCUT2D eigenvalue weighted by atomic mass is 9.99. The van der Waals surface area contributed by atoms with Gasteiger partial charge in [0, 0.05) is 12.3 Å². The lowest BCUT2D eigenvalue weighted by Gasteiger charge is -2.25. The zero-order chi connectivity index (χ0) is 28.3. The van der Waals surface area contributed by atoms with Crippen LogP contribution in [-0.2, 0) is 23.4 Å². The maximum absolute atomic E-state index is 13.9. The van der Waals surface area contributed by atoms with Gasteiger partial charge in [0.05, 0.1) is 18.8 Å². The second-order valence-corrected chi connectivity index (χ2v) is 10.8. The third-order valence-electron chi connectivity index (χ3n) is 5.31. The van der Waals surface area contributed by atoms with Crippen LogP contribution in [0.5, 0.6) is 5.75 Å². The van der Waals surface area contributed by atoms with Crippen molar-refractivity contribution in [2.75, 3.05) is 6.61 Å². The van der Waals surface area contributed by atoms with E-state index in [4.69, 9.17) is 30.7 Å². The Labute approximate surface area is 220 Å². The monoisotopic (exact) mass is 581 g/mol. The van der Waals surface area contributed by atoms with Crippen molar-refractivity contribution in [1.82, 2.24) is 14.6 Å². The molecule has 1 fully saturated rings. The highest BCUT2D eigenvalue weighted by molar-refractivity contribution is 7.71. The van der Waals surface area contributed by atoms with E-state index in [-0.39, 0.29) is 10.5 Å². The van der Waals surface area contributed by atoms with Crippen molar-refractivity contribution >= 4 is 25.9 Å². The number of carbonyl (C=O) groups excluding carboxylic acids is 1. The zero-order valence-electron chi connectivity index (χ0n) is 20.5. The molecule has 16 heteroatoms. The fourth-order valence-electron chi connectivity index (χ4n) is 3.61.